The number of rotatable bonds is 7. The summed E-state index contributed by atoms with van der Waals surface area (Å²) in [5.74, 6) is -1.40. The van der Waals surface area contributed by atoms with Gasteiger partial charge in [0.25, 0.3) is 5.91 Å². The average Bonchev–Trinajstić information content (AvgIpc) is 3.18. The number of fused-ring (bicyclic) bond motifs is 1. The number of hydrogen-bond acceptors (Lipinski definition) is 6. The summed E-state index contributed by atoms with van der Waals surface area (Å²) in [5, 5.41) is 13.2. The number of hydrogen-bond donors (Lipinski definition) is 3. The van der Waals surface area contributed by atoms with Gasteiger partial charge in [-0.2, -0.15) is 0 Å². The molecule has 2 atom stereocenters. The lowest BCUT2D eigenvalue weighted by atomic mass is 9.95. The van der Waals surface area contributed by atoms with Crippen molar-refractivity contribution in [3.8, 4) is 5.75 Å². The molecule has 0 unspecified atom stereocenters. The van der Waals surface area contributed by atoms with Crippen molar-refractivity contribution in [3.05, 3.63) is 87.8 Å². The summed E-state index contributed by atoms with van der Waals surface area (Å²) in [5.41, 5.74) is 6.09. The van der Waals surface area contributed by atoms with Gasteiger partial charge in [-0.05, 0) is 33.8 Å². The number of aliphatic hydroxyl groups is 1. The lowest BCUT2D eigenvalue weighted by Gasteiger charge is -2.27. The smallest absolute Gasteiger partial charge is 0.260 e. The van der Waals surface area contributed by atoms with Crippen molar-refractivity contribution in [2.45, 2.75) is 52.4 Å². The second-order valence-corrected chi connectivity index (χ2v) is 9.74. The minimum Gasteiger partial charge on any atom is -0.490 e. The van der Waals surface area contributed by atoms with E-state index in [0.29, 0.717) is 34.0 Å². The molecule has 0 saturated heterocycles. The van der Waals surface area contributed by atoms with Crippen LogP contribution in [0.2, 0.25) is 5.02 Å². The highest BCUT2D eigenvalue weighted by atomic mass is 35.5. The van der Waals surface area contributed by atoms with Crippen LogP contribution in [0.5, 0.6) is 5.75 Å². The van der Waals surface area contributed by atoms with Crippen molar-refractivity contribution in [2.24, 2.45) is 0 Å². The fraction of sp³-hybridized carbons (Fsp3) is 0.296. The minimum absolute atomic E-state index is 0.0159. The molecular formula is C27H29ClFN5O3. The molecule has 37 heavy (non-hydrogen) atoms. The lowest BCUT2D eigenvalue weighted by Crippen LogP contribution is -2.44. The molecule has 2 heterocycles. The lowest BCUT2D eigenvalue weighted by molar-refractivity contribution is 0.0193. The molecule has 4 aromatic rings. The van der Waals surface area contributed by atoms with Crippen molar-refractivity contribution in [1.29, 1.82) is 0 Å². The second-order valence-electron chi connectivity index (χ2n) is 9.33. The van der Waals surface area contributed by atoms with Crippen LogP contribution in [0.4, 0.5) is 10.2 Å². The van der Waals surface area contributed by atoms with E-state index in [-0.39, 0.29) is 10.8 Å². The summed E-state index contributed by atoms with van der Waals surface area (Å²) < 4.78 is 23.3. The number of halogens is 2. The number of nitrogen functional groups attached to an aromatic ring is 1. The molecule has 8 nitrogen and oxygen atoms in total. The fourth-order valence-corrected chi connectivity index (χ4v) is 4.56. The Morgan fingerprint density at radius 3 is 2.59 bits per heavy atom. The number of aromatic nitrogens is 3. The molecule has 0 spiro atoms. The topological polar surface area (TPSA) is 115 Å². The molecule has 194 valence electrons. The molecule has 2 aromatic carbocycles. The van der Waals surface area contributed by atoms with Crippen LogP contribution in [-0.4, -0.2) is 31.5 Å². The maximum absolute atomic E-state index is 15.5. The third-order valence-electron chi connectivity index (χ3n) is 6.11. The van der Waals surface area contributed by atoms with E-state index in [0.717, 1.165) is 0 Å². The van der Waals surface area contributed by atoms with Gasteiger partial charge >= 0.3 is 0 Å². The van der Waals surface area contributed by atoms with E-state index in [1.54, 1.807) is 61.0 Å². The summed E-state index contributed by atoms with van der Waals surface area (Å²) in [6.07, 6.45) is 2.90. The van der Waals surface area contributed by atoms with Crippen LogP contribution in [0, 0.1) is 12.7 Å². The predicted molar refractivity (Wildman–Crippen MR) is 140 cm³/mol. The Balaban J connectivity index is 1.87. The molecule has 0 bridgehead atoms. The number of carbonyl (C=O) groups is 1. The number of nitrogens with zero attached hydrogens (tertiary/aromatic N) is 3. The normalized spacial score (nSPS) is 14.0. The van der Waals surface area contributed by atoms with E-state index in [4.69, 9.17) is 22.1 Å². The molecule has 0 radical (unpaired) electrons. The number of benzene rings is 2. The molecule has 4 rings (SSSR count). The largest absolute Gasteiger partial charge is 0.490 e. The zero-order valence-electron chi connectivity index (χ0n) is 21.2. The van der Waals surface area contributed by atoms with Crippen molar-refractivity contribution in [3.63, 3.8) is 0 Å². The van der Waals surface area contributed by atoms with Gasteiger partial charge in [-0.1, -0.05) is 48.9 Å². The first-order valence-electron chi connectivity index (χ1n) is 11.8. The number of imidazole rings is 1. The van der Waals surface area contributed by atoms with Gasteiger partial charge in [0.15, 0.2) is 11.5 Å². The Kier molecular flexibility index (Phi) is 7.12. The highest BCUT2D eigenvalue weighted by Crippen LogP contribution is 2.40. The predicted octanol–water partition coefficient (Wildman–Crippen LogP) is 4.95. The van der Waals surface area contributed by atoms with E-state index in [9.17, 15) is 9.90 Å². The summed E-state index contributed by atoms with van der Waals surface area (Å²) >= 11 is 6.31. The maximum Gasteiger partial charge on any atom is 0.260 e. The molecule has 4 N–H and O–H groups in total. The fourth-order valence-electron chi connectivity index (χ4n) is 4.35. The number of aryl methyl sites for hydroxylation is 1. The van der Waals surface area contributed by atoms with Gasteiger partial charge in [-0.25, -0.2) is 14.4 Å². The van der Waals surface area contributed by atoms with Crippen LogP contribution in [0.1, 0.15) is 66.6 Å². The van der Waals surface area contributed by atoms with Crippen molar-refractivity contribution < 1.29 is 19.0 Å². The standard InChI is InChI=1S/C27H29ClFN5O3/c1-14(2)37-23-18(15(3)25-32-16(4)22-24(30)31-11-12-34(22)25)13-19(28)21(29)20(23)26(35)33-27(5,36)17-9-7-6-8-10-17/h6-15,36H,1-5H3,(H2,30,31)(H,33,35)/t15-,27-/m0/s1. The number of amides is 1. The third kappa shape index (κ3) is 4.97. The summed E-state index contributed by atoms with van der Waals surface area (Å²) in [6, 6.07) is 9.97. The number of nitrogens with two attached hydrogens (primary N) is 1. The second kappa shape index (κ2) is 9.99. The first-order chi connectivity index (χ1) is 17.4. The van der Waals surface area contributed by atoms with Gasteiger partial charge in [-0.3, -0.25) is 9.20 Å². The number of carbonyl (C=O) groups excluding carboxylic acids is 1. The van der Waals surface area contributed by atoms with Crippen LogP contribution in [-0.2, 0) is 5.72 Å². The zero-order chi connectivity index (χ0) is 27.1. The SMILES string of the molecule is Cc1nc([C@@H](C)c2cc(Cl)c(F)c(C(=O)N[C@@](C)(O)c3ccccc3)c2OC(C)C)n2ccnc(N)c12. The molecule has 0 saturated carbocycles. The highest BCUT2D eigenvalue weighted by Gasteiger charge is 2.33. The number of nitrogens with one attached hydrogen (secondary N) is 1. The first-order valence-corrected chi connectivity index (χ1v) is 12.2. The molecule has 0 aliphatic rings. The van der Waals surface area contributed by atoms with Crippen LogP contribution in [0.25, 0.3) is 5.52 Å². The zero-order valence-corrected chi connectivity index (χ0v) is 22.0. The van der Waals surface area contributed by atoms with Crippen molar-refractivity contribution in [1.82, 2.24) is 19.7 Å². The van der Waals surface area contributed by atoms with Gasteiger partial charge in [-0.15, -0.1) is 0 Å². The highest BCUT2D eigenvalue weighted by molar-refractivity contribution is 6.31. The van der Waals surface area contributed by atoms with Crippen LogP contribution in [0.3, 0.4) is 0 Å². The molecule has 2 aromatic heterocycles. The van der Waals surface area contributed by atoms with Gasteiger partial charge in [0.05, 0.1) is 16.8 Å². The number of anilines is 1. The van der Waals surface area contributed by atoms with Gasteiger partial charge < -0.3 is 20.9 Å². The average molecular weight is 526 g/mol. The Hall–Kier alpha value is -3.69. The van der Waals surface area contributed by atoms with Crippen molar-refractivity contribution >= 4 is 28.8 Å². The van der Waals surface area contributed by atoms with E-state index < -0.39 is 35.0 Å². The summed E-state index contributed by atoms with van der Waals surface area (Å²) in [4.78, 5) is 22.3. The molecule has 0 fully saturated rings. The van der Waals surface area contributed by atoms with E-state index in [1.165, 1.54) is 13.0 Å². The summed E-state index contributed by atoms with van der Waals surface area (Å²) in [7, 11) is 0. The molecule has 0 aliphatic heterocycles. The Morgan fingerprint density at radius 2 is 1.95 bits per heavy atom. The molecule has 0 aliphatic carbocycles. The van der Waals surface area contributed by atoms with Gasteiger partial charge in [0.1, 0.15) is 28.5 Å². The Bertz CT molecular complexity index is 1470. The number of ether oxygens (including phenoxy) is 1. The van der Waals surface area contributed by atoms with E-state index >= 15 is 4.39 Å². The third-order valence-corrected chi connectivity index (χ3v) is 6.39. The molecular weight excluding hydrogens is 497 g/mol. The van der Waals surface area contributed by atoms with Gasteiger partial charge in [0, 0.05) is 29.4 Å². The van der Waals surface area contributed by atoms with Gasteiger partial charge in [0.2, 0.25) is 0 Å². The molecule has 10 heteroatoms. The maximum atomic E-state index is 15.5. The minimum atomic E-state index is -1.78. The monoisotopic (exact) mass is 525 g/mol. The van der Waals surface area contributed by atoms with Crippen LogP contribution < -0.4 is 15.8 Å². The van der Waals surface area contributed by atoms with Crippen molar-refractivity contribution in [2.75, 3.05) is 5.73 Å². The Morgan fingerprint density at radius 1 is 1.27 bits per heavy atom. The van der Waals surface area contributed by atoms with Crippen LogP contribution in [0.15, 0.2) is 48.8 Å². The first kappa shape index (κ1) is 26.4. The molecule has 1 amide bonds. The summed E-state index contributed by atoms with van der Waals surface area (Å²) in [6.45, 7) is 8.61. The van der Waals surface area contributed by atoms with E-state index in [1.807, 2.05) is 13.8 Å². The van der Waals surface area contributed by atoms with E-state index in [2.05, 4.69) is 15.3 Å². The quantitative estimate of drug-likeness (QED) is 0.294. The van der Waals surface area contributed by atoms with Crippen LogP contribution >= 0.6 is 11.6 Å². The Labute approximate surface area is 219 Å².